The van der Waals surface area contributed by atoms with Crippen LogP contribution in [0, 0.1) is 16.7 Å². The smallest absolute Gasteiger partial charge is 0.0712 e. The Labute approximate surface area is 111 Å². The quantitative estimate of drug-likeness (QED) is 0.878. The van der Waals surface area contributed by atoms with Crippen LogP contribution in [-0.2, 0) is 5.41 Å². The van der Waals surface area contributed by atoms with Crippen LogP contribution in [0.5, 0.6) is 0 Å². The fourth-order valence-electron chi connectivity index (χ4n) is 2.18. The van der Waals surface area contributed by atoms with Gasteiger partial charge >= 0.3 is 0 Å². The molecule has 98 valence electrons. The van der Waals surface area contributed by atoms with Gasteiger partial charge in [0.2, 0.25) is 0 Å². The Bertz CT molecular complexity index is 430. The van der Waals surface area contributed by atoms with Crippen molar-refractivity contribution in [2.75, 3.05) is 7.05 Å². The van der Waals surface area contributed by atoms with Crippen LogP contribution >= 0.6 is 0 Å². The van der Waals surface area contributed by atoms with Crippen molar-refractivity contribution < 1.29 is 0 Å². The zero-order valence-corrected chi connectivity index (χ0v) is 12.3. The van der Waals surface area contributed by atoms with Gasteiger partial charge < -0.3 is 5.32 Å². The third-order valence-electron chi connectivity index (χ3n) is 3.41. The molecule has 0 aliphatic carbocycles. The van der Waals surface area contributed by atoms with E-state index in [-0.39, 0.29) is 11.5 Å². The lowest BCUT2D eigenvalue weighted by atomic mass is 9.80. The minimum absolute atomic E-state index is 0.0523. The Morgan fingerprint density at radius 1 is 1.06 bits per heavy atom. The van der Waals surface area contributed by atoms with Gasteiger partial charge in [0.1, 0.15) is 0 Å². The third-order valence-corrected chi connectivity index (χ3v) is 3.41. The van der Waals surface area contributed by atoms with Gasteiger partial charge in [0.05, 0.1) is 17.5 Å². The number of benzene rings is 1. The molecule has 1 aromatic rings. The van der Waals surface area contributed by atoms with E-state index in [0.29, 0.717) is 0 Å². The van der Waals surface area contributed by atoms with Crippen molar-refractivity contribution in [3.05, 3.63) is 35.4 Å². The summed E-state index contributed by atoms with van der Waals surface area (Å²) in [7, 11) is 1.90. The lowest BCUT2D eigenvalue weighted by Crippen LogP contribution is -2.30. The van der Waals surface area contributed by atoms with Gasteiger partial charge in [-0.1, -0.05) is 45.0 Å². The summed E-state index contributed by atoms with van der Waals surface area (Å²) in [5, 5.41) is 12.5. The van der Waals surface area contributed by atoms with E-state index in [1.165, 1.54) is 5.56 Å². The third kappa shape index (κ3) is 3.11. The molecule has 0 aliphatic rings. The van der Waals surface area contributed by atoms with Crippen molar-refractivity contribution in [1.82, 2.24) is 5.32 Å². The molecule has 18 heavy (non-hydrogen) atoms. The van der Waals surface area contributed by atoms with Gasteiger partial charge in [0.15, 0.2) is 0 Å². The predicted molar refractivity (Wildman–Crippen MR) is 76.3 cm³/mol. The second kappa shape index (κ2) is 5.12. The van der Waals surface area contributed by atoms with E-state index >= 15 is 0 Å². The highest BCUT2D eigenvalue weighted by Gasteiger charge is 2.29. The molecule has 0 heterocycles. The standard InChI is InChI=1S/C16H24N2/c1-15(2,3)13-9-7-12(8-10-13)14(18-6)16(4,5)11-17/h7-10,14,18H,1-6H3. The van der Waals surface area contributed by atoms with Crippen LogP contribution in [0.15, 0.2) is 24.3 Å². The zero-order chi connectivity index (χ0) is 14.0. The topological polar surface area (TPSA) is 35.8 Å². The number of nitrogens with one attached hydrogen (secondary N) is 1. The van der Waals surface area contributed by atoms with Gasteiger partial charge in [-0.3, -0.25) is 0 Å². The molecule has 1 rings (SSSR count). The Balaban J connectivity index is 3.08. The average molecular weight is 244 g/mol. The van der Waals surface area contributed by atoms with Crippen molar-refractivity contribution in [2.24, 2.45) is 5.41 Å². The minimum Gasteiger partial charge on any atom is -0.312 e. The fraction of sp³-hybridized carbons (Fsp3) is 0.562. The van der Waals surface area contributed by atoms with Crippen LogP contribution < -0.4 is 5.32 Å². The van der Waals surface area contributed by atoms with Gasteiger partial charge in [-0.25, -0.2) is 0 Å². The first-order valence-electron chi connectivity index (χ1n) is 6.41. The molecule has 0 aliphatic heterocycles. The van der Waals surface area contributed by atoms with Crippen molar-refractivity contribution in [3.8, 4) is 6.07 Å². The zero-order valence-electron chi connectivity index (χ0n) is 12.3. The molecule has 0 fully saturated rings. The Morgan fingerprint density at radius 2 is 1.56 bits per heavy atom. The molecular weight excluding hydrogens is 220 g/mol. The Morgan fingerprint density at radius 3 is 1.89 bits per heavy atom. The molecule has 0 radical (unpaired) electrons. The first-order valence-corrected chi connectivity index (χ1v) is 6.41. The van der Waals surface area contributed by atoms with Gasteiger partial charge in [0, 0.05) is 0 Å². The van der Waals surface area contributed by atoms with E-state index in [1.54, 1.807) is 0 Å². The van der Waals surface area contributed by atoms with E-state index in [0.717, 1.165) is 5.56 Å². The van der Waals surface area contributed by atoms with Crippen LogP contribution in [0.3, 0.4) is 0 Å². The van der Waals surface area contributed by atoms with E-state index in [4.69, 9.17) is 0 Å². The van der Waals surface area contributed by atoms with Crippen molar-refractivity contribution in [1.29, 1.82) is 5.26 Å². The maximum Gasteiger partial charge on any atom is 0.0712 e. The molecule has 0 amide bonds. The van der Waals surface area contributed by atoms with Gasteiger partial charge in [-0.2, -0.15) is 5.26 Å². The summed E-state index contributed by atoms with van der Waals surface area (Å²) in [6, 6.07) is 11.0. The van der Waals surface area contributed by atoms with E-state index in [2.05, 4.69) is 56.4 Å². The normalized spacial score (nSPS) is 14.1. The van der Waals surface area contributed by atoms with Crippen LogP contribution in [-0.4, -0.2) is 7.05 Å². The lowest BCUT2D eigenvalue weighted by molar-refractivity contribution is 0.344. The Hall–Kier alpha value is -1.33. The monoisotopic (exact) mass is 244 g/mol. The van der Waals surface area contributed by atoms with Crippen LogP contribution in [0.1, 0.15) is 51.8 Å². The molecule has 0 aromatic heterocycles. The second-order valence-electron chi connectivity index (χ2n) is 6.43. The molecule has 1 N–H and O–H groups in total. The van der Waals surface area contributed by atoms with E-state index in [9.17, 15) is 5.26 Å². The highest BCUT2D eigenvalue weighted by molar-refractivity contribution is 5.31. The van der Waals surface area contributed by atoms with Gasteiger partial charge in [-0.05, 0) is 37.4 Å². The van der Waals surface area contributed by atoms with Crippen molar-refractivity contribution in [2.45, 2.75) is 46.1 Å². The van der Waals surface area contributed by atoms with E-state index < -0.39 is 5.41 Å². The molecule has 0 saturated heterocycles. The molecule has 2 nitrogen and oxygen atoms in total. The molecule has 0 saturated carbocycles. The highest BCUT2D eigenvalue weighted by Crippen LogP contribution is 2.33. The maximum atomic E-state index is 9.25. The number of hydrogen-bond donors (Lipinski definition) is 1. The van der Waals surface area contributed by atoms with Gasteiger partial charge in [-0.15, -0.1) is 0 Å². The van der Waals surface area contributed by atoms with E-state index in [1.807, 2.05) is 20.9 Å². The van der Waals surface area contributed by atoms with Crippen LogP contribution in [0.4, 0.5) is 0 Å². The van der Waals surface area contributed by atoms with Crippen LogP contribution in [0.2, 0.25) is 0 Å². The Kier molecular flexibility index (Phi) is 4.19. The van der Waals surface area contributed by atoms with Crippen LogP contribution in [0.25, 0.3) is 0 Å². The maximum absolute atomic E-state index is 9.25. The molecular formula is C16H24N2. The molecule has 2 heteroatoms. The number of nitriles is 1. The number of nitrogens with zero attached hydrogens (tertiary/aromatic N) is 1. The second-order valence-corrected chi connectivity index (χ2v) is 6.43. The summed E-state index contributed by atoms with van der Waals surface area (Å²) in [5.74, 6) is 0. The molecule has 1 unspecified atom stereocenters. The SMILES string of the molecule is CNC(c1ccc(C(C)(C)C)cc1)C(C)(C)C#N. The summed E-state index contributed by atoms with van der Waals surface area (Å²) in [6.07, 6.45) is 0. The molecule has 0 bridgehead atoms. The number of hydrogen-bond acceptors (Lipinski definition) is 2. The predicted octanol–water partition coefficient (Wildman–Crippen LogP) is 3.79. The highest BCUT2D eigenvalue weighted by atomic mass is 14.9. The first-order chi connectivity index (χ1) is 8.22. The summed E-state index contributed by atoms with van der Waals surface area (Å²) < 4.78 is 0. The molecule has 1 atom stereocenters. The molecule has 1 aromatic carbocycles. The largest absolute Gasteiger partial charge is 0.312 e. The summed E-state index contributed by atoms with van der Waals surface area (Å²) in [4.78, 5) is 0. The average Bonchev–Trinajstić information content (AvgIpc) is 2.29. The van der Waals surface area contributed by atoms with Crippen molar-refractivity contribution in [3.63, 3.8) is 0 Å². The first kappa shape index (κ1) is 14.7. The molecule has 0 spiro atoms. The summed E-state index contributed by atoms with van der Waals surface area (Å²) >= 11 is 0. The van der Waals surface area contributed by atoms with Crippen molar-refractivity contribution >= 4 is 0 Å². The fourth-order valence-corrected chi connectivity index (χ4v) is 2.18. The lowest BCUT2D eigenvalue weighted by Gasteiger charge is -2.29. The summed E-state index contributed by atoms with van der Waals surface area (Å²) in [5.41, 5.74) is 2.23. The minimum atomic E-state index is -0.419. The number of rotatable bonds is 3. The summed E-state index contributed by atoms with van der Waals surface area (Å²) in [6.45, 7) is 10.5. The van der Waals surface area contributed by atoms with Gasteiger partial charge in [0.25, 0.3) is 0 Å².